The average molecular weight is 424 g/mol. The van der Waals surface area contributed by atoms with Crippen molar-refractivity contribution in [3.8, 4) is 0 Å². The molecular weight excluding hydrogens is 390 g/mol. The number of fused-ring (bicyclic) bond motifs is 2. The number of benzene rings is 1. The lowest BCUT2D eigenvalue weighted by Gasteiger charge is -2.38. The largest absolute Gasteiger partial charge is 0.423 e. The van der Waals surface area contributed by atoms with Gasteiger partial charge < -0.3 is 9.32 Å². The highest BCUT2D eigenvalue weighted by atomic mass is 16.4. The number of rotatable bonds is 4. The van der Waals surface area contributed by atoms with E-state index in [0.29, 0.717) is 12.6 Å². The summed E-state index contributed by atoms with van der Waals surface area (Å²) in [4.78, 5) is 31.7. The van der Waals surface area contributed by atoms with Crippen LogP contribution in [0.5, 0.6) is 0 Å². The second kappa shape index (κ2) is 8.75. The van der Waals surface area contributed by atoms with Crippen molar-refractivity contribution < 1.29 is 9.21 Å². The Labute approximate surface area is 183 Å². The molecule has 6 nitrogen and oxygen atoms in total. The maximum atomic E-state index is 12.8. The molecule has 2 saturated heterocycles. The van der Waals surface area contributed by atoms with Crippen LogP contribution in [0, 0.1) is 0 Å². The van der Waals surface area contributed by atoms with Crippen LogP contribution in [-0.2, 0) is 24.2 Å². The molecule has 0 N–H and O–H groups in total. The summed E-state index contributed by atoms with van der Waals surface area (Å²) in [5.74, 6) is 0.279. The number of hydrogen-bond donors (Lipinski definition) is 0. The second-order valence-corrected chi connectivity index (χ2v) is 9.55. The Morgan fingerprint density at radius 1 is 0.968 bits per heavy atom. The molecular formula is C25H33N3O3. The van der Waals surface area contributed by atoms with Crippen LogP contribution in [0.1, 0.15) is 49.3 Å². The van der Waals surface area contributed by atoms with E-state index in [4.69, 9.17) is 4.42 Å². The number of piperazine rings is 1. The van der Waals surface area contributed by atoms with Gasteiger partial charge in [0.1, 0.15) is 5.58 Å². The quantitative estimate of drug-likeness (QED) is 0.708. The first-order valence-corrected chi connectivity index (χ1v) is 11.9. The van der Waals surface area contributed by atoms with Gasteiger partial charge in [0.05, 0.1) is 6.54 Å². The molecule has 3 heterocycles. The minimum Gasteiger partial charge on any atom is -0.423 e. The van der Waals surface area contributed by atoms with E-state index in [-0.39, 0.29) is 11.5 Å². The summed E-state index contributed by atoms with van der Waals surface area (Å²) in [6, 6.07) is 6.36. The van der Waals surface area contributed by atoms with Crippen molar-refractivity contribution >= 4 is 16.9 Å². The molecule has 1 unspecified atom stereocenters. The van der Waals surface area contributed by atoms with Crippen LogP contribution in [0.15, 0.2) is 27.4 Å². The van der Waals surface area contributed by atoms with Crippen molar-refractivity contribution in [2.45, 2.75) is 58.0 Å². The number of carbonyl (C=O) groups excluding carboxylic acids is 1. The summed E-state index contributed by atoms with van der Waals surface area (Å²) in [6.07, 6.45) is 6.87. The van der Waals surface area contributed by atoms with Crippen molar-refractivity contribution in [3.05, 3.63) is 45.3 Å². The molecule has 2 fully saturated rings. The van der Waals surface area contributed by atoms with Crippen LogP contribution in [0.2, 0.25) is 0 Å². The van der Waals surface area contributed by atoms with Crippen LogP contribution < -0.4 is 5.63 Å². The molecule has 5 rings (SSSR count). The second-order valence-electron chi connectivity index (χ2n) is 9.55. The Morgan fingerprint density at radius 2 is 1.71 bits per heavy atom. The minimum absolute atomic E-state index is 0.264. The Kier molecular flexibility index (Phi) is 5.85. The van der Waals surface area contributed by atoms with E-state index in [1.54, 1.807) is 6.07 Å². The molecule has 3 aliphatic rings. The molecule has 6 heteroatoms. The zero-order valence-electron chi connectivity index (χ0n) is 18.6. The van der Waals surface area contributed by atoms with Gasteiger partial charge in [0.25, 0.3) is 0 Å². The lowest BCUT2D eigenvalue weighted by atomic mass is 10.0. The molecule has 1 aromatic carbocycles. The number of nitrogens with zero attached hydrogens (tertiary/aromatic N) is 3. The minimum atomic E-state index is -0.264. The van der Waals surface area contributed by atoms with Crippen LogP contribution >= 0.6 is 0 Å². The van der Waals surface area contributed by atoms with E-state index in [9.17, 15) is 9.59 Å². The molecule has 0 saturated carbocycles. The Balaban J connectivity index is 1.22. The molecule has 1 amide bonds. The van der Waals surface area contributed by atoms with Gasteiger partial charge in [0.15, 0.2) is 0 Å². The standard InChI is InChI=1S/C25H33N3O3/c1-18-5-2-3-8-28(18)24(29)17-27-11-9-26(10-12-27)16-21-15-25(30)31-23-14-20-7-4-6-19(20)13-22(21)23/h13-15,18H,2-12,16-17H2,1H3. The van der Waals surface area contributed by atoms with Crippen molar-refractivity contribution in [1.29, 1.82) is 0 Å². The van der Waals surface area contributed by atoms with Gasteiger partial charge in [-0.05, 0) is 74.3 Å². The highest BCUT2D eigenvalue weighted by Gasteiger charge is 2.26. The Bertz CT molecular complexity index is 1020. The lowest BCUT2D eigenvalue weighted by molar-refractivity contribution is -0.136. The zero-order chi connectivity index (χ0) is 21.4. The van der Waals surface area contributed by atoms with Gasteiger partial charge in [0.2, 0.25) is 5.91 Å². The highest BCUT2D eigenvalue weighted by molar-refractivity contribution is 5.82. The third-order valence-electron chi connectivity index (χ3n) is 7.38. The van der Waals surface area contributed by atoms with Crippen molar-refractivity contribution in [2.24, 2.45) is 0 Å². The third-order valence-corrected chi connectivity index (χ3v) is 7.38. The number of carbonyl (C=O) groups is 1. The fraction of sp³-hybridized carbons (Fsp3) is 0.600. The van der Waals surface area contributed by atoms with E-state index in [2.05, 4.69) is 33.8 Å². The lowest BCUT2D eigenvalue weighted by Crippen LogP contribution is -2.51. The molecule has 2 aromatic rings. The third kappa shape index (κ3) is 4.41. The van der Waals surface area contributed by atoms with Gasteiger partial charge in [-0.15, -0.1) is 0 Å². The topological polar surface area (TPSA) is 57.0 Å². The first kappa shape index (κ1) is 20.7. The number of likely N-dealkylation sites (tertiary alicyclic amines) is 1. The summed E-state index contributed by atoms with van der Waals surface area (Å²) < 4.78 is 5.52. The maximum absolute atomic E-state index is 12.8. The molecule has 1 atom stereocenters. The fourth-order valence-corrected chi connectivity index (χ4v) is 5.52. The Morgan fingerprint density at radius 3 is 2.48 bits per heavy atom. The van der Waals surface area contributed by atoms with Crippen LogP contribution in [0.25, 0.3) is 11.0 Å². The SMILES string of the molecule is CC1CCCCN1C(=O)CN1CCN(Cc2cc(=O)oc3cc4c(cc23)CCC4)CC1. The maximum Gasteiger partial charge on any atom is 0.336 e. The normalized spacial score (nSPS) is 22.7. The van der Waals surface area contributed by atoms with E-state index in [0.717, 1.165) is 81.5 Å². The monoisotopic (exact) mass is 423 g/mol. The number of amides is 1. The molecule has 166 valence electrons. The van der Waals surface area contributed by atoms with E-state index >= 15 is 0 Å². The number of hydrogen-bond acceptors (Lipinski definition) is 5. The van der Waals surface area contributed by atoms with Gasteiger partial charge in [-0.25, -0.2) is 4.79 Å². The molecule has 2 aliphatic heterocycles. The summed E-state index contributed by atoms with van der Waals surface area (Å²) in [5, 5.41) is 1.08. The summed E-state index contributed by atoms with van der Waals surface area (Å²) in [6.45, 7) is 7.98. The van der Waals surface area contributed by atoms with Crippen LogP contribution in [-0.4, -0.2) is 65.9 Å². The highest BCUT2D eigenvalue weighted by Crippen LogP contribution is 2.29. The molecule has 0 bridgehead atoms. The smallest absolute Gasteiger partial charge is 0.336 e. The van der Waals surface area contributed by atoms with Gasteiger partial charge in [-0.2, -0.15) is 0 Å². The molecule has 1 aromatic heterocycles. The predicted octanol–water partition coefficient (Wildman–Crippen LogP) is 2.80. The summed E-state index contributed by atoms with van der Waals surface area (Å²) in [5.41, 5.74) is 4.25. The van der Waals surface area contributed by atoms with Gasteiger partial charge in [0, 0.05) is 56.8 Å². The molecule has 1 aliphatic carbocycles. The average Bonchev–Trinajstić information content (AvgIpc) is 3.21. The van der Waals surface area contributed by atoms with Crippen molar-refractivity contribution in [3.63, 3.8) is 0 Å². The van der Waals surface area contributed by atoms with E-state index in [1.165, 1.54) is 24.0 Å². The van der Waals surface area contributed by atoms with E-state index < -0.39 is 0 Å². The van der Waals surface area contributed by atoms with Gasteiger partial charge >= 0.3 is 5.63 Å². The summed E-state index contributed by atoms with van der Waals surface area (Å²) in [7, 11) is 0. The molecule has 31 heavy (non-hydrogen) atoms. The van der Waals surface area contributed by atoms with Crippen molar-refractivity contribution in [1.82, 2.24) is 14.7 Å². The summed E-state index contributed by atoms with van der Waals surface area (Å²) >= 11 is 0. The zero-order valence-corrected chi connectivity index (χ0v) is 18.6. The molecule has 0 radical (unpaired) electrons. The first-order valence-electron chi connectivity index (χ1n) is 11.9. The van der Waals surface area contributed by atoms with Gasteiger partial charge in [-0.3, -0.25) is 14.6 Å². The van der Waals surface area contributed by atoms with E-state index in [1.807, 2.05) is 0 Å². The number of aryl methyl sites for hydroxylation is 2. The van der Waals surface area contributed by atoms with Crippen molar-refractivity contribution in [2.75, 3.05) is 39.3 Å². The fourth-order valence-electron chi connectivity index (χ4n) is 5.52. The van der Waals surface area contributed by atoms with Crippen LogP contribution in [0.3, 0.4) is 0 Å². The molecule has 0 spiro atoms. The van der Waals surface area contributed by atoms with Gasteiger partial charge in [-0.1, -0.05) is 0 Å². The van der Waals surface area contributed by atoms with Crippen LogP contribution in [0.4, 0.5) is 0 Å². The predicted molar refractivity (Wildman–Crippen MR) is 121 cm³/mol. The first-order chi connectivity index (χ1) is 15.1. The number of piperidine rings is 1. The Hall–Kier alpha value is -2.18.